The van der Waals surface area contributed by atoms with Crippen LogP contribution in [0.2, 0.25) is 0 Å². The number of nitrogens with zero attached hydrogens (tertiary/aromatic N) is 3. The number of aromatic nitrogens is 3. The fraction of sp³-hybridized carbons (Fsp3) is 0.429. The second-order valence-corrected chi connectivity index (χ2v) is 4.66. The van der Waals surface area contributed by atoms with Crippen LogP contribution in [0.1, 0.15) is 37.7 Å². The lowest BCUT2D eigenvalue weighted by atomic mass is 10.1. The molecule has 2 rings (SSSR count). The summed E-state index contributed by atoms with van der Waals surface area (Å²) < 4.78 is 20.8. The smallest absolute Gasteiger partial charge is 0.164 e. The minimum absolute atomic E-state index is 0.283. The Hall–Kier alpha value is -1.95. The summed E-state index contributed by atoms with van der Waals surface area (Å²) in [6.45, 7) is 4.94. The van der Waals surface area contributed by atoms with Gasteiger partial charge in [0.1, 0.15) is 24.5 Å². The number of nitrogens with two attached hydrogens (primary N) is 1. The fourth-order valence-corrected chi connectivity index (χ4v) is 1.95. The van der Waals surface area contributed by atoms with Crippen LogP contribution in [-0.4, -0.2) is 14.8 Å². The highest BCUT2D eigenvalue weighted by Crippen LogP contribution is 2.25. The zero-order valence-corrected chi connectivity index (χ0v) is 11.7. The zero-order chi connectivity index (χ0) is 14.5. The molecule has 1 aromatic heterocycles. The normalized spacial score (nSPS) is 12.4. The van der Waals surface area contributed by atoms with E-state index in [4.69, 9.17) is 10.5 Å². The lowest BCUT2D eigenvalue weighted by Crippen LogP contribution is -2.11. The highest BCUT2D eigenvalue weighted by Gasteiger charge is 2.11. The van der Waals surface area contributed by atoms with Crippen molar-refractivity contribution in [1.82, 2.24) is 14.8 Å². The van der Waals surface area contributed by atoms with Gasteiger partial charge in [0.2, 0.25) is 0 Å². The average Bonchev–Trinajstić information content (AvgIpc) is 2.85. The highest BCUT2D eigenvalue weighted by atomic mass is 19.1. The molecule has 1 aromatic carbocycles. The Morgan fingerprint density at radius 3 is 2.95 bits per heavy atom. The molecule has 1 atom stereocenters. The first-order valence-electron chi connectivity index (χ1n) is 6.66. The second kappa shape index (κ2) is 6.47. The first-order chi connectivity index (χ1) is 9.61. The third kappa shape index (κ3) is 3.33. The van der Waals surface area contributed by atoms with Crippen molar-refractivity contribution in [3.63, 3.8) is 0 Å². The number of hydrogen-bond acceptors (Lipinski definition) is 4. The van der Waals surface area contributed by atoms with Crippen molar-refractivity contribution in [1.29, 1.82) is 0 Å². The number of hydrogen-bond donors (Lipinski definition) is 1. The molecule has 0 fully saturated rings. The molecule has 0 amide bonds. The monoisotopic (exact) mass is 278 g/mol. The van der Waals surface area contributed by atoms with E-state index < -0.39 is 0 Å². The van der Waals surface area contributed by atoms with Crippen LogP contribution in [0, 0.1) is 5.82 Å². The molecule has 5 nitrogen and oxygen atoms in total. The van der Waals surface area contributed by atoms with E-state index in [-0.39, 0.29) is 18.5 Å². The molecule has 0 aliphatic heterocycles. The van der Waals surface area contributed by atoms with Gasteiger partial charge in [-0.1, -0.05) is 6.92 Å². The molecule has 0 radical (unpaired) electrons. The molecule has 0 unspecified atom stereocenters. The molecule has 2 N–H and O–H groups in total. The quantitative estimate of drug-likeness (QED) is 0.881. The summed E-state index contributed by atoms with van der Waals surface area (Å²) in [5.41, 5.74) is 6.48. The van der Waals surface area contributed by atoms with Crippen molar-refractivity contribution in [2.75, 3.05) is 0 Å². The molecule has 0 aliphatic carbocycles. The Balaban J connectivity index is 2.12. The molecule has 0 bridgehead atoms. The van der Waals surface area contributed by atoms with Gasteiger partial charge >= 0.3 is 0 Å². The number of aryl methyl sites for hydroxylation is 1. The molecule has 0 aliphatic rings. The maximum atomic E-state index is 13.2. The number of halogens is 1. The predicted octanol–water partition coefficient (Wildman–Crippen LogP) is 2.43. The number of benzene rings is 1. The minimum atomic E-state index is -0.321. The van der Waals surface area contributed by atoms with E-state index in [2.05, 4.69) is 17.0 Å². The summed E-state index contributed by atoms with van der Waals surface area (Å²) in [6.07, 6.45) is 2.48. The molecule has 6 heteroatoms. The maximum Gasteiger partial charge on any atom is 0.164 e. The summed E-state index contributed by atoms with van der Waals surface area (Å²) in [7, 11) is 0. The van der Waals surface area contributed by atoms with Gasteiger partial charge in [0.15, 0.2) is 5.82 Å². The topological polar surface area (TPSA) is 66.0 Å². The van der Waals surface area contributed by atoms with Crippen LogP contribution in [0.3, 0.4) is 0 Å². The zero-order valence-electron chi connectivity index (χ0n) is 11.7. The van der Waals surface area contributed by atoms with E-state index in [0.29, 0.717) is 11.3 Å². The van der Waals surface area contributed by atoms with Gasteiger partial charge in [-0.25, -0.2) is 14.1 Å². The van der Waals surface area contributed by atoms with Crippen molar-refractivity contribution >= 4 is 0 Å². The molecule has 0 saturated carbocycles. The van der Waals surface area contributed by atoms with E-state index in [1.54, 1.807) is 17.7 Å². The van der Waals surface area contributed by atoms with Crippen LogP contribution in [0.25, 0.3) is 0 Å². The molecule has 108 valence electrons. The van der Waals surface area contributed by atoms with E-state index in [9.17, 15) is 4.39 Å². The van der Waals surface area contributed by atoms with Gasteiger partial charge in [-0.2, -0.15) is 5.10 Å². The first-order valence-corrected chi connectivity index (χ1v) is 6.66. The number of rotatable bonds is 6. The van der Waals surface area contributed by atoms with Crippen LogP contribution in [0.4, 0.5) is 4.39 Å². The van der Waals surface area contributed by atoms with Crippen LogP contribution in [-0.2, 0) is 13.2 Å². The average molecular weight is 278 g/mol. The van der Waals surface area contributed by atoms with Gasteiger partial charge in [0, 0.05) is 18.2 Å². The Morgan fingerprint density at radius 2 is 2.25 bits per heavy atom. The maximum absolute atomic E-state index is 13.2. The van der Waals surface area contributed by atoms with Crippen LogP contribution < -0.4 is 10.5 Å². The highest BCUT2D eigenvalue weighted by molar-refractivity contribution is 5.36. The van der Waals surface area contributed by atoms with E-state index in [0.717, 1.165) is 18.8 Å². The van der Waals surface area contributed by atoms with Gasteiger partial charge in [0.05, 0.1) is 0 Å². The Bertz CT molecular complexity index is 568. The summed E-state index contributed by atoms with van der Waals surface area (Å²) in [5, 5.41) is 4.13. The predicted molar refractivity (Wildman–Crippen MR) is 73.6 cm³/mol. The van der Waals surface area contributed by atoms with Crippen LogP contribution >= 0.6 is 0 Å². The third-order valence-corrected chi connectivity index (χ3v) is 2.95. The van der Waals surface area contributed by atoms with Crippen LogP contribution in [0.5, 0.6) is 5.75 Å². The molecule has 20 heavy (non-hydrogen) atoms. The first kappa shape index (κ1) is 14.5. The van der Waals surface area contributed by atoms with Gasteiger partial charge in [0.25, 0.3) is 0 Å². The largest absolute Gasteiger partial charge is 0.485 e. The summed E-state index contributed by atoms with van der Waals surface area (Å²) in [6, 6.07) is 4.05. The van der Waals surface area contributed by atoms with Crippen molar-refractivity contribution in [3.8, 4) is 5.75 Å². The van der Waals surface area contributed by atoms with Crippen LogP contribution in [0.15, 0.2) is 24.5 Å². The molecule has 0 saturated heterocycles. The summed E-state index contributed by atoms with van der Waals surface area (Å²) in [5.74, 6) is 0.998. The molecule has 1 heterocycles. The second-order valence-electron chi connectivity index (χ2n) is 4.66. The number of ether oxygens (including phenoxy) is 1. The van der Waals surface area contributed by atoms with Gasteiger partial charge < -0.3 is 10.5 Å². The molecular formula is C14H19FN4O. The lowest BCUT2D eigenvalue weighted by Gasteiger charge is -2.14. The standard InChI is InChI=1S/C14H19FN4O/c1-3-6-19-14(17-9-18-19)8-20-13-5-4-11(15)7-12(13)10(2)16/h4-5,7,9-10H,3,6,8,16H2,1-2H3/t10-/m0/s1. The van der Waals surface area contributed by atoms with Gasteiger partial charge in [-0.15, -0.1) is 0 Å². The Morgan fingerprint density at radius 1 is 1.45 bits per heavy atom. The lowest BCUT2D eigenvalue weighted by molar-refractivity contribution is 0.281. The Labute approximate surface area is 117 Å². The van der Waals surface area contributed by atoms with Gasteiger partial charge in [-0.05, 0) is 31.5 Å². The minimum Gasteiger partial charge on any atom is -0.485 e. The SMILES string of the molecule is CCCn1ncnc1COc1ccc(F)cc1[C@H](C)N. The van der Waals surface area contributed by atoms with E-state index in [1.165, 1.54) is 18.5 Å². The van der Waals surface area contributed by atoms with Crippen molar-refractivity contribution < 1.29 is 9.13 Å². The third-order valence-electron chi connectivity index (χ3n) is 2.95. The fourth-order valence-electron chi connectivity index (χ4n) is 1.95. The molecule has 0 spiro atoms. The van der Waals surface area contributed by atoms with Crippen molar-refractivity contribution in [2.45, 2.75) is 39.5 Å². The Kier molecular flexibility index (Phi) is 4.68. The summed E-state index contributed by atoms with van der Waals surface area (Å²) in [4.78, 5) is 4.16. The van der Waals surface area contributed by atoms with E-state index >= 15 is 0 Å². The molecule has 2 aromatic rings. The summed E-state index contributed by atoms with van der Waals surface area (Å²) >= 11 is 0. The van der Waals surface area contributed by atoms with E-state index in [1.807, 2.05) is 0 Å². The van der Waals surface area contributed by atoms with Crippen molar-refractivity contribution in [2.24, 2.45) is 5.73 Å². The molecular weight excluding hydrogens is 259 g/mol. The van der Waals surface area contributed by atoms with Crippen molar-refractivity contribution in [3.05, 3.63) is 41.7 Å². The van der Waals surface area contributed by atoms with Gasteiger partial charge in [-0.3, -0.25) is 0 Å².